The van der Waals surface area contributed by atoms with Crippen LogP contribution in [-0.2, 0) is 26.7 Å². The number of hydrogen-bond donors (Lipinski definition) is 3. The van der Waals surface area contributed by atoms with Crippen molar-refractivity contribution in [3.05, 3.63) is 113 Å². The Kier molecular flexibility index (Phi) is 8.15. The van der Waals surface area contributed by atoms with Crippen LogP contribution in [0.15, 0.2) is 96.2 Å². The first kappa shape index (κ1) is 30.4. The van der Waals surface area contributed by atoms with Crippen LogP contribution in [0, 0.1) is 10.1 Å². The fourth-order valence-electron chi connectivity index (χ4n) is 6.71. The number of rotatable bonds is 10. The first-order valence-electron chi connectivity index (χ1n) is 15.1. The van der Waals surface area contributed by atoms with Crippen molar-refractivity contribution in [1.29, 1.82) is 0 Å². The van der Waals surface area contributed by atoms with Gasteiger partial charge in [0.2, 0.25) is 15.9 Å². The Labute approximate surface area is 261 Å². The lowest BCUT2D eigenvalue weighted by Crippen LogP contribution is -2.59. The molecule has 2 heterocycles. The highest BCUT2D eigenvalue weighted by atomic mass is 32.2. The second-order valence-electron chi connectivity index (χ2n) is 12.1. The number of amides is 1. The van der Waals surface area contributed by atoms with Crippen molar-refractivity contribution in [3.63, 3.8) is 0 Å². The Bertz CT molecular complexity index is 1980. The number of hydrogen-bond acceptors (Lipinski definition) is 6. The van der Waals surface area contributed by atoms with E-state index < -0.39 is 26.4 Å². The average molecular weight is 626 g/mol. The van der Waals surface area contributed by atoms with Crippen LogP contribution in [0.2, 0.25) is 0 Å². The number of H-pyrrole nitrogens is 1. The minimum Gasteiger partial charge on any atom is -0.361 e. The van der Waals surface area contributed by atoms with Gasteiger partial charge in [-0.05, 0) is 55.0 Å². The van der Waals surface area contributed by atoms with Gasteiger partial charge in [-0.1, -0.05) is 67.8 Å². The molecule has 3 N–H and O–H groups in total. The number of nitrogens with zero attached hydrogens (tertiary/aromatic N) is 2. The van der Waals surface area contributed by atoms with Crippen molar-refractivity contribution in [1.82, 2.24) is 20.0 Å². The number of carbonyl (C=O) groups excluding carboxylic acids is 1. The summed E-state index contributed by atoms with van der Waals surface area (Å²) in [6, 6.07) is 22.3. The van der Waals surface area contributed by atoms with E-state index in [2.05, 4.69) is 20.0 Å². The zero-order chi connectivity index (χ0) is 31.7. The molecule has 0 radical (unpaired) electrons. The number of carbonyl (C=O) groups is 1. The monoisotopic (exact) mass is 625 g/mol. The number of sulfonamides is 1. The summed E-state index contributed by atoms with van der Waals surface area (Å²) in [5.41, 5.74) is 0.172. The minimum absolute atomic E-state index is 0.0105. The lowest BCUT2D eigenvalue weighted by atomic mass is 9.71. The van der Waals surface area contributed by atoms with Crippen LogP contribution in [0.25, 0.3) is 21.7 Å². The molecular formula is C34H35N5O5S. The number of para-hydroxylation sites is 1. The van der Waals surface area contributed by atoms with E-state index in [0.29, 0.717) is 11.9 Å². The van der Waals surface area contributed by atoms with Crippen molar-refractivity contribution in [2.75, 3.05) is 6.54 Å². The van der Waals surface area contributed by atoms with Crippen molar-refractivity contribution in [3.8, 4) is 0 Å². The molecular weight excluding hydrogens is 590 g/mol. The van der Waals surface area contributed by atoms with Crippen LogP contribution in [0.1, 0.15) is 50.3 Å². The van der Waals surface area contributed by atoms with E-state index in [-0.39, 0.29) is 27.8 Å². The molecule has 0 bridgehead atoms. The zero-order valence-electron chi connectivity index (χ0n) is 25.0. The minimum atomic E-state index is -4.45. The Morgan fingerprint density at radius 2 is 1.73 bits per heavy atom. The maximum atomic E-state index is 14.3. The Hall–Kier alpha value is -4.61. The lowest BCUT2D eigenvalue weighted by Gasteiger charge is -2.38. The fraction of sp³-hybridized carbons (Fsp3) is 0.294. The van der Waals surface area contributed by atoms with E-state index in [1.807, 2.05) is 42.5 Å². The largest absolute Gasteiger partial charge is 0.361 e. The van der Waals surface area contributed by atoms with Gasteiger partial charge in [-0.15, -0.1) is 0 Å². The molecule has 1 saturated carbocycles. The van der Waals surface area contributed by atoms with Crippen molar-refractivity contribution in [2.24, 2.45) is 0 Å². The van der Waals surface area contributed by atoms with Crippen LogP contribution in [-0.4, -0.2) is 41.3 Å². The van der Waals surface area contributed by atoms with Crippen LogP contribution in [0.5, 0.6) is 0 Å². The van der Waals surface area contributed by atoms with E-state index in [1.165, 1.54) is 24.3 Å². The molecule has 1 aliphatic rings. The number of aromatic nitrogens is 2. The Balaban J connectivity index is 1.39. The van der Waals surface area contributed by atoms with Gasteiger partial charge in [0.1, 0.15) is 5.54 Å². The fourth-order valence-corrected chi connectivity index (χ4v) is 8.33. The molecule has 2 aromatic heterocycles. The Morgan fingerprint density at radius 3 is 2.47 bits per heavy atom. The van der Waals surface area contributed by atoms with Crippen molar-refractivity contribution < 1.29 is 18.1 Å². The van der Waals surface area contributed by atoms with Crippen LogP contribution >= 0.6 is 0 Å². The summed E-state index contributed by atoms with van der Waals surface area (Å²) in [6.45, 7) is 1.86. The number of non-ortho nitro benzene ring substituents is 1. The third-order valence-electron chi connectivity index (χ3n) is 9.02. The summed E-state index contributed by atoms with van der Waals surface area (Å²) in [6.07, 6.45) is 8.40. The smallest absolute Gasteiger partial charge is 0.278 e. The first-order valence-corrected chi connectivity index (χ1v) is 16.6. The van der Waals surface area contributed by atoms with Gasteiger partial charge in [-0.25, -0.2) is 8.42 Å². The predicted molar refractivity (Wildman–Crippen MR) is 173 cm³/mol. The molecule has 10 nitrogen and oxygen atoms in total. The molecule has 0 spiro atoms. The number of nitrogens with one attached hydrogen (secondary N) is 3. The summed E-state index contributed by atoms with van der Waals surface area (Å²) in [5, 5.41) is 16.3. The van der Waals surface area contributed by atoms with Crippen molar-refractivity contribution >= 4 is 43.3 Å². The van der Waals surface area contributed by atoms with Gasteiger partial charge in [-0.3, -0.25) is 19.9 Å². The molecule has 3 aromatic carbocycles. The SMILES string of the molecule is C[C@@](Cc1c[nH]c2ccccc12)(NS(=O)(=O)c1cccc2cccc([N+](=O)[O-])c12)C(=O)NCC1(c2ccccn2)CCCCC1. The molecule has 45 heavy (non-hydrogen) atoms. The lowest BCUT2D eigenvalue weighted by molar-refractivity contribution is -0.383. The summed E-state index contributed by atoms with van der Waals surface area (Å²) >= 11 is 0. The molecule has 0 saturated heterocycles. The van der Waals surface area contributed by atoms with Gasteiger partial charge >= 0.3 is 0 Å². The topological polar surface area (TPSA) is 147 Å². The summed E-state index contributed by atoms with van der Waals surface area (Å²) in [4.78, 5) is 33.2. The van der Waals surface area contributed by atoms with Gasteiger partial charge in [0, 0.05) is 53.4 Å². The second-order valence-corrected chi connectivity index (χ2v) is 13.8. The molecule has 1 amide bonds. The summed E-state index contributed by atoms with van der Waals surface area (Å²) in [5.74, 6) is -0.494. The first-order chi connectivity index (χ1) is 21.6. The molecule has 11 heteroatoms. The highest BCUT2D eigenvalue weighted by Crippen LogP contribution is 2.38. The van der Waals surface area contributed by atoms with Gasteiger partial charge < -0.3 is 10.3 Å². The van der Waals surface area contributed by atoms with Crippen molar-refractivity contribution in [2.45, 2.75) is 61.3 Å². The number of nitro groups is 1. The van der Waals surface area contributed by atoms with E-state index >= 15 is 0 Å². The number of benzene rings is 3. The van der Waals surface area contributed by atoms with E-state index in [9.17, 15) is 23.3 Å². The van der Waals surface area contributed by atoms with Gasteiger partial charge in [-0.2, -0.15) is 4.72 Å². The highest BCUT2D eigenvalue weighted by Gasteiger charge is 2.42. The molecule has 6 rings (SSSR count). The number of pyridine rings is 1. The number of aromatic amines is 1. The van der Waals surface area contributed by atoms with Crippen LogP contribution < -0.4 is 10.0 Å². The second kappa shape index (κ2) is 12.1. The standard InChI is InChI=1S/C34H35N5O5S/c1-33(21-25-22-36-27-14-4-3-13-26(25)27,32(40)37-23-34(18-6-2-7-19-34)30-17-5-8-20-35-30)38-45(43,44)29-16-10-12-24-11-9-15-28(31(24)29)39(41)42/h3-5,8-17,20,22,36,38H,2,6-7,18-19,21,23H2,1H3,(H,37,40)/t33-/m0/s1. The maximum Gasteiger partial charge on any atom is 0.278 e. The zero-order valence-corrected chi connectivity index (χ0v) is 25.8. The predicted octanol–water partition coefficient (Wildman–Crippen LogP) is 5.92. The van der Waals surface area contributed by atoms with Gasteiger partial charge in [0.15, 0.2) is 0 Å². The van der Waals surface area contributed by atoms with E-state index in [0.717, 1.165) is 54.3 Å². The maximum absolute atomic E-state index is 14.3. The molecule has 1 fully saturated rings. The summed E-state index contributed by atoms with van der Waals surface area (Å²) in [7, 11) is -4.45. The molecule has 0 unspecified atom stereocenters. The van der Waals surface area contributed by atoms with E-state index in [4.69, 9.17) is 0 Å². The van der Waals surface area contributed by atoms with Crippen LogP contribution in [0.4, 0.5) is 5.69 Å². The normalized spacial score (nSPS) is 16.3. The Morgan fingerprint density at radius 1 is 1.00 bits per heavy atom. The average Bonchev–Trinajstić information content (AvgIpc) is 3.45. The molecule has 1 atom stereocenters. The molecule has 232 valence electrons. The third kappa shape index (κ3) is 5.93. The highest BCUT2D eigenvalue weighted by molar-refractivity contribution is 7.89. The third-order valence-corrected chi connectivity index (χ3v) is 10.7. The van der Waals surface area contributed by atoms with Gasteiger partial charge in [0.05, 0.1) is 15.2 Å². The molecule has 5 aromatic rings. The van der Waals surface area contributed by atoms with E-state index in [1.54, 1.807) is 31.5 Å². The van der Waals surface area contributed by atoms with Crippen LogP contribution in [0.3, 0.4) is 0 Å². The number of fused-ring (bicyclic) bond motifs is 2. The quantitative estimate of drug-likeness (QED) is 0.130. The molecule has 0 aliphatic heterocycles. The summed E-state index contributed by atoms with van der Waals surface area (Å²) < 4.78 is 31.1. The number of nitro benzene ring substituents is 1. The van der Waals surface area contributed by atoms with Gasteiger partial charge in [0.25, 0.3) is 5.69 Å². The molecule has 1 aliphatic carbocycles.